The fourth-order valence-electron chi connectivity index (χ4n) is 2.31. The molecule has 0 aliphatic carbocycles. The third-order valence-corrected chi connectivity index (χ3v) is 4.46. The first kappa shape index (κ1) is 18.0. The fraction of sp³-hybridized carbons (Fsp3) is 0.294. The second-order valence-electron chi connectivity index (χ2n) is 5.90. The summed E-state index contributed by atoms with van der Waals surface area (Å²) in [5.41, 5.74) is 0.525. The Bertz CT molecular complexity index is 923. The van der Waals surface area contributed by atoms with Crippen molar-refractivity contribution < 1.29 is 18.7 Å². The normalized spacial score (nSPS) is 12.3. The van der Waals surface area contributed by atoms with Gasteiger partial charge in [-0.2, -0.15) is 0 Å². The summed E-state index contributed by atoms with van der Waals surface area (Å²) in [6.45, 7) is 3.64. The van der Waals surface area contributed by atoms with E-state index in [1.165, 1.54) is 18.2 Å². The largest absolute Gasteiger partial charge is 0.461 e. The molecular formula is C17H17FN4O3S. The number of nitrogens with one attached hydrogen (secondary N) is 1. The van der Waals surface area contributed by atoms with Crippen molar-refractivity contribution in [2.24, 2.45) is 0 Å². The lowest BCUT2D eigenvalue weighted by atomic mass is 10.2. The van der Waals surface area contributed by atoms with Crippen molar-refractivity contribution in [3.8, 4) is 0 Å². The summed E-state index contributed by atoms with van der Waals surface area (Å²) in [5.74, 6) is -1.46. The smallest absolute Gasteiger partial charge is 0.330 e. The Kier molecular flexibility index (Phi) is 5.27. The van der Waals surface area contributed by atoms with Crippen LogP contribution in [0, 0.1) is 5.82 Å². The molecule has 0 unspecified atom stereocenters. The zero-order valence-electron chi connectivity index (χ0n) is 14.2. The van der Waals surface area contributed by atoms with Gasteiger partial charge in [0.2, 0.25) is 0 Å². The molecule has 0 saturated heterocycles. The number of hydrogen-bond donors (Lipinski definition) is 1. The van der Waals surface area contributed by atoms with Crippen LogP contribution in [0.15, 0.2) is 36.9 Å². The van der Waals surface area contributed by atoms with Crippen LogP contribution in [0.1, 0.15) is 23.6 Å². The molecule has 0 bridgehead atoms. The number of imidazole rings is 1. The van der Waals surface area contributed by atoms with Gasteiger partial charge in [0.25, 0.3) is 5.91 Å². The molecule has 0 aliphatic heterocycles. The lowest BCUT2D eigenvalue weighted by Crippen LogP contribution is -2.45. The number of esters is 1. The summed E-state index contributed by atoms with van der Waals surface area (Å²) in [5, 5.41) is 2.80. The van der Waals surface area contributed by atoms with E-state index in [2.05, 4.69) is 15.3 Å². The van der Waals surface area contributed by atoms with Crippen LogP contribution in [-0.4, -0.2) is 38.6 Å². The average Bonchev–Trinajstić information content (AvgIpc) is 3.22. The summed E-state index contributed by atoms with van der Waals surface area (Å²) >= 11 is 1.06. The third kappa shape index (κ3) is 4.23. The van der Waals surface area contributed by atoms with Gasteiger partial charge < -0.3 is 14.6 Å². The zero-order valence-corrected chi connectivity index (χ0v) is 15.0. The van der Waals surface area contributed by atoms with Crippen molar-refractivity contribution in [3.05, 3.63) is 47.7 Å². The highest BCUT2D eigenvalue weighted by molar-refractivity contribution is 7.20. The molecule has 0 radical (unpaired) electrons. The Morgan fingerprint density at radius 1 is 1.38 bits per heavy atom. The monoisotopic (exact) mass is 376 g/mol. The van der Waals surface area contributed by atoms with E-state index in [1.54, 1.807) is 37.1 Å². The molecule has 1 aromatic carbocycles. The molecule has 0 aliphatic rings. The molecule has 0 saturated carbocycles. The highest BCUT2D eigenvalue weighted by Gasteiger charge is 2.25. The number of nitrogens with zero attached hydrogens (tertiary/aromatic N) is 3. The van der Waals surface area contributed by atoms with Gasteiger partial charge in [0, 0.05) is 12.4 Å². The van der Waals surface area contributed by atoms with Gasteiger partial charge in [0.1, 0.15) is 11.9 Å². The highest BCUT2D eigenvalue weighted by atomic mass is 32.1. The minimum absolute atomic E-state index is 0.151. The van der Waals surface area contributed by atoms with Crippen LogP contribution in [0.25, 0.3) is 10.2 Å². The molecule has 3 aromatic rings. The van der Waals surface area contributed by atoms with E-state index < -0.39 is 23.7 Å². The van der Waals surface area contributed by atoms with Gasteiger partial charge in [-0.15, -0.1) is 11.3 Å². The minimum Gasteiger partial charge on any atom is -0.461 e. The van der Waals surface area contributed by atoms with Gasteiger partial charge >= 0.3 is 5.97 Å². The maximum atomic E-state index is 13.3. The number of rotatable bonds is 6. The van der Waals surface area contributed by atoms with Crippen molar-refractivity contribution in [2.75, 3.05) is 0 Å². The number of amides is 1. The van der Waals surface area contributed by atoms with E-state index in [1.807, 2.05) is 0 Å². The summed E-state index contributed by atoms with van der Waals surface area (Å²) in [6.07, 6.45) is 4.49. The first-order valence-electron chi connectivity index (χ1n) is 7.95. The molecule has 0 fully saturated rings. The van der Waals surface area contributed by atoms with Crippen molar-refractivity contribution in [1.29, 1.82) is 0 Å². The predicted molar refractivity (Wildman–Crippen MR) is 94.3 cm³/mol. The number of fused-ring (bicyclic) bond motifs is 1. The fourth-order valence-corrected chi connectivity index (χ4v) is 3.21. The molecule has 0 spiro atoms. The van der Waals surface area contributed by atoms with Crippen molar-refractivity contribution in [2.45, 2.75) is 32.5 Å². The molecule has 7 nitrogen and oxygen atoms in total. The van der Waals surface area contributed by atoms with Crippen LogP contribution >= 0.6 is 11.3 Å². The molecule has 1 amide bonds. The highest BCUT2D eigenvalue weighted by Crippen LogP contribution is 2.23. The number of ether oxygens (including phenoxy) is 1. The maximum absolute atomic E-state index is 13.3. The standard InChI is InChI=1S/C17H17FN4O3S/c1-10(2)25-17(24)13(8-22-6-5-19-9-22)20-15(23)16-21-12-4-3-11(18)7-14(12)26-16/h3-7,9-10,13H,8H2,1-2H3,(H,20,23)/t13-/m0/s1. The number of thiazole rings is 1. The summed E-state index contributed by atoms with van der Waals surface area (Å²) in [7, 11) is 0. The van der Waals surface area contributed by atoms with Gasteiger partial charge in [-0.25, -0.2) is 19.2 Å². The zero-order chi connectivity index (χ0) is 18.7. The molecular weight excluding hydrogens is 359 g/mol. The molecule has 1 N–H and O–H groups in total. The average molecular weight is 376 g/mol. The van der Waals surface area contributed by atoms with Crippen molar-refractivity contribution >= 4 is 33.4 Å². The van der Waals surface area contributed by atoms with Gasteiger partial charge in [-0.3, -0.25) is 4.79 Å². The number of aromatic nitrogens is 3. The first-order valence-corrected chi connectivity index (χ1v) is 8.77. The van der Waals surface area contributed by atoms with Gasteiger partial charge in [0.05, 0.1) is 29.2 Å². The van der Waals surface area contributed by atoms with E-state index in [-0.39, 0.29) is 17.7 Å². The van der Waals surface area contributed by atoms with Crippen LogP contribution in [0.4, 0.5) is 4.39 Å². The van der Waals surface area contributed by atoms with Crippen LogP contribution in [-0.2, 0) is 16.1 Å². The Hall–Kier alpha value is -2.81. The SMILES string of the molecule is CC(C)OC(=O)[C@H](Cn1ccnc1)NC(=O)c1nc2ccc(F)cc2s1. The Morgan fingerprint density at radius 3 is 2.88 bits per heavy atom. The quantitative estimate of drug-likeness (QED) is 0.668. The predicted octanol–water partition coefficient (Wildman–Crippen LogP) is 2.38. The second kappa shape index (κ2) is 7.61. The summed E-state index contributed by atoms with van der Waals surface area (Å²) in [4.78, 5) is 33.0. The number of hydrogen-bond acceptors (Lipinski definition) is 6. The molecule has 2 aromatic heterocycles. The molecule has 2 heterocycles. The second-order valence-corrected chi connectivity index (χ2v) is 6.93. The van der Waals surface area contributed by atoms with E-state index in [4.69, 9.17) is 4.74 Å². The molecule has 1 atom stereocenters. The van der Waals surface area contributed by atoms with Crippen LogP contribution < -0.4 is 5.32 Å². The Labute approximate surface area is 152 Å². The molecule has 136 valence electrons. The number of carbonyl (C=O) groups excluding carboxylic acids is 2. The van der Waals surface area contributed by atoms with Crippen LogP contribution in [0.2, 0.25) is 0 Å². The van der Waals surface area contributed by atoms with Crippen LogP contribution in [0.3, 0.4) is 0 Å². The maximum Gasteiger partial charge on any atom is 0.330 e. The number of benzene rings is 1. The molecule has 3 rings (SSSR count). The number of halogens is 1. The lowest BCUT2D eigenvalue weighted by Gasteiger charge is -2.19. The third-order valence-electron chi connectivity index (χ3n) is 3.44. The lowest BCUT2D eigenvalue weighted by molar-refractivity contribution is -0.150. The summed E-state index contributed by atoms with van der Waals surface area (Å²) in [6, 6.07) is 3.21. The van der Waals surface area contributed by atoms with E-state index in [0.717, 1.165) is 11.3 Å². The van der Waals surface area contributed by atoms with E-state index in [0.29, 0.717) is 10.2 Å². The van der Waals surface area contributed by atoms with Gasteiger partial charge in [0.15, 0.2) is 5.01 Å². The van der Waals surface area contributed by atoms with Crippen LogP contribution in [0.5, 0.6) is 0 Å². The van der Waals surface area contributed by atoms with Gasteiger partial charge in [-0.1, -0.05) is 0 Å². The van der Waals surface area contributed by atoms with E-state index >= 15 is 0 Å². The minimum atomic E-state index is -0.900. The molecule has 9 heteroatoms. The van der Waals surface area contributed by atoms with Gasteiger partial charge in [-0.05, 0) is 32.0 Å². The van der Waals surface area contributed by atoms with Crippen molar-refractivity contribution in [1.82, 2.24) is 19.9 Å². The Balaban J connectivity index is 1.79. The topological polar surface area (TPSA) is 86.1 Å². The van der Waals surface area contributed by atoms with Crippen molar-refractivity contribution in [3.63, 3.8) is 0 Å². The molecule has 26 heavy (non-hydrogen) atoms. The Morgan fingerprint density at radius 2 is 2.19 bits per heavy atom. The first-order chi connectivity index (χ1) is 12.4. The summed E-state index contributed by atoms with van der Waals surface area (Å²) < 4.78 is 20.8. The number of carbonyl (C=O) groups is 2. The van der Waals surface area contributed by atoms with E-state index in [9.17, 15) is 14.0 Å².